The van der Waals surface area contributed by atoms with Crippen LogP contribution < -0.4 is 5.32 Å². The lowest BCUT2D eigenvalue weighted by Crippen LogP contribution is -2.10. The fourth-order valence-corrected chi connectivity index (χ4v) is 2.68. The van der Waals surface area contributed by atoms with Crippen molar-refractivity contribution in [1.29, 1.82) is 0 Å². The van der Waals surface area contributed by atoms with E-state index < -0.39 is 0 Å². The minimum atomic E-state index is -0.247. The fraction of sp³-hybridized carbons (Fsp3) is 0.417. The molecule has 1 aliphatic heterocycles. The smallest absolute Gasteiger partial charge is 0.142 e. The molecule has 0 amide bonds. The Morgan fingerprint density at radius 3 is 3.13 bits per heavy atom. The monoisotopic (exact) mass is 204 g/mol. The maximum absolute atomic E-state index is 13.1. The van der Waals surface area contributed by atoms with Crippen LogP contribution in [0.25, 0.3) is 5.57 Å². The summed E-state index contributed by atoms with van der Waals surface area (Å²) in [7, 11) is 0. The van der Waals surface area contributed by atoms with Gasteiger partial charge in [0.1, 0.15) is 5.82 Å². The molecule has 1 aromatic rings. The van der Waals surface area contributed by atoms with E-state index in [4.69, 9.17) is 0 Å². The summed E-state index contributed by atoms with van der Waals surface area (Å²) in [4.78, 5) is 3.91. The molecular formula is C12H13FN2. The normalized spacial score (nSPS) is 29.0. The molecule has 1 fully saturated rings. The number of rotatable bonds is 1. The zero-order chi connectivity index (χ0) is 10.3. The van der Waals surface area contributed by atoms with E-state index in [9.17, 15) is 4.39 Å². The lowest BCUT2D eigenvalue weighted by Gasteiger charge is -2.12. The van der Waals surface area contributed by atoms with Crippen LogP contribution in [0.3, 0.4) is 0 Å². The molecule has 2 unspecified atom stereocenters. The van der Waals surface area contributed by atoms with Crippen molar-refractivity contribution in [2.75, 3.05) is 13.1 Å². The predicted octanol–water partition coefficient (Wildman–Crippen LogP) is 1.84. The van der Waals surface area contributed by atoms with E-state index in [0.717, 1.165) is 25.1 Å². The third-order valence-corrected chi connectivity index (χ3v) is 3.42. The summed E-state index contributed by atoms with van der Waals surface area (Å²) in [5.41, 5.74) is 2.23. The Balaban J connectivity index is 1.94. The van der Waals surface area contributed by atoms with Gasteiger partial charge < -0.3 is 5.32 Å². The Morgan fingerprint density at radius 1 is 1.33 bits per heavy atom. The van der Waals surface area contributed by atoms with Crippen molar-refractivity contribution in [3.63, 3.8) is 0 Å². The first-order valence-electron chi connectivity index (χ1n) is 5.36. The molecule has 2 aliphatic rings. The van der Waals surface area contributed by atoms with Crippen molar-refractivity contribution in [2.45, 2.75) is 6.42 Å². The average molecular weight is 204 g/mol. The molecule has 0 saturated carbocycles. The number of nitrogens with one attached hydrogen (secondary N) is 1. The Morgan fingerprint density at radius 2 is 2.27 bits per heavy atom. The van der Waals surface area contributed by atoms with Crippen LogP contribution in [-0.4, -0.2) is 18.1 Å². The van der Waals surface area contributed by atoms with Gasteiger partial charge in [0.15, 0.2) is 0 Å². The summed E-state index contributed by atoms with van der Waals surface area (Å²) in [5, 5.41) is 3.38. The van der Waals surface area contributed by atoms with Gasteiger partial charge in [-0.3, -0.25) is 4.98 Å². The van der Waals surface area contributed by atoms with E-state index in [0.29, 0.717) is 11.8 Å². The van der Waals surface area contributed by atoms with Crippen molar-refractivity contribution in [1.82, 2.24) is 10.3 Å². The molecule has 1 aromatic heterocycles. The standard InChI is InChI=1S/C12H13FN2/c13-10-3-9(5-14-6-10)11-2-1-8-4-15-7-12(8)11/h2-3,5-6,8,12,15H,1,4,7H2. The van der Waals surface area contributed by atoms with Crippen molar-refractivity contribution in [2.24, 2.45) is 11.8 Å². The van der Waals surface area contributed by atoms with Gasteiger partial charge in [0, 0.05) is 18.7 Å². The second-order valence-electron chi connectivity index (χ2n) is 4.31. The van der Waals surface area contributed by atoms with Gasteiger partial charge in [0.25, 0.3) is 0 Å². The molecule has 3 rings (SSSR count). The van der Waals surface area contributed by atoms with Gasteiger partial charge in [-0.2, -0.15) is 0 Å². The number of allylic oxidation sites excluding steroid dienone is 1. The zero-order valence-electron chi connectivity index (χ0n) is 8.41. The lowest BCUT2D eigenvalue weighted by atomic mass is 9.91. The highest BCUT2D eigenvalue weighted by Gasteiger charge is 2.34. The first kappa shape index (κ1) is 9.04. The molecule has 0 aromatic carbocycles. The van der Waals surface area contributed by atoms with Crippen LogP contribution in [0.1, 0.15) is 12.0 Å². The predicted molar refractivity (Wildman–Crippen MR) is 56.6 cm³/mol. The van der Waals surface area contributed by atoms with E-state index in [2.05, 4.69) is 16.4 Å². The van der Waals surface area contributed by atoms with Crippen molar-refractivity contribution >= 4 is 5.57 Å². The second-order valence-corrected chi connectivity index (χ2v) is 4.31. The SMILES string of the molecule is Fc1cncc(C2=CCC3CNCC23)c1. The van der Waals surface area contributed by atoms with Gasteiger partial charge in [-0.25, -0.2) is 4.39 Å². The molecule has 2 heterocycles. The van der Waals surface area contributed by atoms with Crippen molar-refractivity contribution in [3.8, 4) is 0 Å². The minimum Gasteiger partial charge on any atom is -0.316 e. The quantitative estimate of drug-likeness (QED) is 0.755. The number of nitrogens with zero attached hydrogens (tertiary/aromatic N) is 1. The summed E-state index contributed by atoms with van der Waals surface area (Å²) in [6.07, 6.45) is 6.37. The van der Waals surface area contributed by atoms with Crippen LogP contribution >= 0.6 is 0 Å². The van der Waals surface area contributed by atoms with Gasteiger partial charge in [0.05, 0.1) is 6.20 Å². The maximum Gasteiger partial charge on any atom is 0.142 e. The first-order valence-corrected chi connectivity index (χ1v) is 5.36. The Bertz CT molecular complexity index is 414. The summed E-state index contributed by atoms with van der Waals surface area (Å²) in [5.74, 6) is 1.03. The third-order valence-electron chi connectivity index (χ3n) is 3.42. The van der Waals surface area contributed by atoms with E-state index in [1.165, 1.54) is 11.8 Å². The largest absolute Gasteiger partial charge is 0.316 e. The molecule has 78 valence electrons. The highest BCUT2D eigenvalue weighted by molar-refractivity contribution is 5.69. The van der Waals surface area contributed by atoms with E-state index in [1.54, 1.807) is 12.3 Å². The van der Waals surface area contributed by atoms with Crippen molar-refractivity contribution in [3.05, 3.63) is 35.9 Å². The van der Waals surface area contributed by atoms with Gasteiger partial charge in [-0.05, 0) is 36.1 Å². The maximum atomic E-state index is 13.1. The highest BCUT2D eigenvalue weighted by Crippen LogP contribution is 2.39. The number of halogens is 1. The minimum absolute atomic E-state index is 0.247. The molecule has 0 radical (unpaired) electrons. The molecule has 0 spiro atoms. The second kappa shape index (κ2) is 3.42. The lowest BCUT2D eigenvalue weighted by molar-refractivity contribution is 0.541. The van der Waals surface area contributed by atoms with E-state index >= 15 is 0 Å². The van der Waals surface area contributed by atoms with Gasteiger partial charge >= 0.3 is 0 Å². The Kier molecular flexibility index (Phi) is 2.06. The van der Waals surface area contributed by atoms with Crippen LogP contribution in [0.15, 0.2) is 24.5 Å². The molecular weight excluding hydrogens is 191 g/mol. The van der Waals surface area contributed by atoms with Crippen LogP contribution in [-0.2, 0) is 0 Å². The topological polar surface area (TPSA) is 24.9 Å². The molecule has 15 heavy (non-hydrogen) atoms. The van der Waals surface area contributed by atoms with Crippen LogP contribution in [0.5, 0.6) is 0 Å². The van der Waals surface area contributed by atoms with Gasteiger partial charge in [-0.1, -0.05) is 6.08 Å². The van der Waals surface area contributed by atoms with E-state index in [-0.39, 0.29) is 5.82 Å². The summed E-state index contributed by atoms with van der Waals surface area (Å²) >= 11 is 0. The Labute approximate surface area is 88.2 Å². The van der Waals surface area contributed by atoms with Crippen molar-refractivity contribution < 1.29 is 4.39 Å². The van der Waals surface area contributed by atoms with Crippen LogP contribution in [0, 0.1) is 17.7 Å². The van der Waals surface area contributed by atoms with Crippen LogP contribution in [0.2, 0.25) is 0 Å². The molecule has 1 saturated heterocycles. The number of aromatic nitrogens is 1. The molecule has 1 aliphatic carbocycles. The van der Waals surface area contributed by atoms with Gasteiger partial charge in [-0.15, -0.1) is 0 Å². The fourth-order valence-electron chi connectivity index (χ4n) is 2.68. The van der Waals surface area contributed by atoms with Crippen LogP contribution in [0.4, 0.5) is 4.39 Å². The molecule has 3 heteroatoms. The highest BCUT2D eigenvalue weighted by atomic mass is 19.1. The molecule has 2 nitrogen and oxygen atoms in total. The Hall–Kier alpha value is -1.22. The number of pyridine rings is 1. The van der Waals surface area contributed by atoms with Gasteiger partial charge in [0.2, 0.25) is 0 Å². The summed E-state index contributed by atoms with van der Waals surface area (Å²) < 4.78 is 13.1. The molecule has 2 atom stereocenters. The van der Waals surface area contributed by atoms with E-state index in [1.807, 2.05) is 0 Å². The molecule has 1 N–H and O–H groups in total. The third kappa shape index (κ3) is 1.47. The number of hydrogen-bond donors (Lipinski definition) is 1. The number of fused-ring (bicyclic) bond motifs is 1. The summed E-state index contributed by atoms with van der Waals surface area (Å²) in [6, 6.07) is 1.58. The molecule has 0 bridgehead atoms. The zero-order valence-corrected chi connectivity index (χ0v) is 8.41. The average Bonchev–Trinajstić information content (AvgIpc) is 2.77. The summed E-state index contributed by atoms with van der Waals surface area (Å²) in [6.45, 7) is 2.11. The number of hydrogen-bond acceptors (Lipinski definition) is 2. The first-order chi connectivity index (χ1) is 7.34.